The number of aliphatic hydroxyl groups excluding tert-OH is 1. The molecule has 0 saturated heterocycles. The summed E-state index contributed by atoms with van der Waals surface area (Å²) in [6.07, 6.45) is 3.88. The SMILES string of the molecule is CC1CC(=O)Nc2ccc(C(=O)NCC3(C)CCCCC3O)cc2N1. The van der Waals surface area contributed by atoms with Crippen LogP contribution in [-0.2, 0) is 4.79 Å². The van der Waals surface area contributed by atoms with Crippen molar-refractivity contribution in [2.45, 2.75) is 58.1 Å². The van der Waals surface area contributed by atoms with Gasteiger partial charge in [0.25, 0.3) is 5.91 Å². The van der Waals surface area contributed by atoms with Crippen molar-refractivity contribution in [1.29, 1.82) is 0 Å². The third-order valence-electron chi connectivity index (χ3n) is 5.38. The number of carbonyl (C=O) groups excluding carboxylic acids is 2. The van der Waals surface area contributed by atoms with Gasteiger partial charge in [-0.1, -0.05) is 19.8 Å². The molecular formula is C19H27N3O3. The number of anilines is 2. The van der Waals surface area contributed by atoms with E-state index < -0.39 is 0 Å². The minimum absolute atomic E-state index is 0.0101. The van der Waals surface area contributed by atoms with Crippen LogP contribution >= 0.6 is 0 Å². The predicted molar refractivity (Wildman–Crippen MR) is 97.7 cm³/mol. The van der Waals surface area contributed by atoms with Gasteiger partial charge in [-0.2, -0.15) is 0 Å². The average Bonchev–Trinajstić information content (AvgIpc) is 2.71. The first-order valence-corrected chi connectivity index (χ1v) is 9.04. The summed E-state index contributed by atoms with van der Waals surface area (Å²) in [6.45, 7) is 4.43. The molecule has 4 N–H and O–H groups in total. The standard InChI is InChI=1S/C19H27N3O3/c1-12-9-17(24)22-14-7-6-13(10-15(14)21-12)18(25)20-11-19(2)8-4-3-5-16(19)23/h6-7,10,12,16,21,23H,3-5,8-9,11H2,1-2H3,(H,20,25)(H,22,24). The van der Waals surface area contributed by atoms with Gasteiger partial charge in [0.1, 0.15) is 0 Å². The molecule has 1 aromatic carbocycles. The van der Waals surface area contributed by atoms with Gasteiger partial charge in [0.05, 0.1) is 17.5 Å². The molecular weight excluding hydrogens is 318 g/mol. The van der Waals surface area contributed by atoms with Crippen molar-refractivity contribution in [3.05, 3.63) is 23.8 Å². The summed E-state index contributed by atoms with van der Waals surface area (Å²) < 4.78 is 0. The van der Waals surface area contributed by atoms with Crippen molar-refractivity contribution >= 4 is 23.2 Å². The number of fused-ring (bicyclic) bond motifs is 1. The van der Waals surface area contributed by atoms with Crippen LogP contribution in [0.1, 0.15) is 56.3 Å². The second-order valence-corrected chi connectivity index (χ2v) is 7.66. The fourth-order valence-electron chi connectivity index (χ4n) is 3.68. The first kappa shape index (κ1) is 17.7. The molecule has 1 aliphatic heterocycles. The van der Waals surface area contributed by atoms with Crippen LogP contribution in [0.25, 0.3) is 0 Å². The Morgan fingerprint density at radius 1 is 1.36 bits per heavy atom. The number of carbonyl (C=O) groups is 2. The zero-order valence-electron chi connectivity index (χ0n) is 14.9. The van der Waals surface area contributed by atoms with Gasteiger partial charge in [0.15, 0.2) is 0 Å². The monoisotopic (exact) mass is 345 g/mol. The summed E-state index contributed by atoms with van der Waals surface area (Å²) in [4.78, 5) is 24.3. The van der Waals surface area contributed by atoms with Crippen molar-refractivity contribution in [3.8, 4) is 0 Å². The molecule has 6 heteroatoms. The van der Waals surface area contributed by atoms with E-state index in [2.05, 4.69) is 16.0 Å². The van der Waals surface area contributed by atoms with E-state index in [1.807, 2.05) is 13.8 Å². The third-order valence-corrected chi connectivity index (χ3v) is 5.38. The molecule has 0 bridgehead atoms. The smallest absolute Gasteiger partial charge is 0.251 e. The molecule has 3 rings (SSSR count). The van der Waals surface area contributed by atoms with E-state index in [0.29, 0.717) is 24.2 Å². The average molecular weight is 345 g/mol. The van der Waals surface area contributed by atoms with Crippen LogP contribution in [0.2, 0.25) is 0 Å². The number of hydrogen-bond acceptors (Lipinski definition) is 4. The fraction of sp³-hybridized carbons (Fsp3) is 0.579. The largest absolute Gasteiger partial charge is 0.392 e. The number of amides is 2. The fourth-order valence-corrected chi connectivity index (χ4v) is 3.68. The van der Waals surface area contributed by atoms with Gasteiger partial charge in [0, 0.05) is 30.0 Å². The minimum Gasteiger partial charge on any atom is -0.392 e. The Balaban J connectivity index is 1.69. The minimum atomic E-state index is -0.369. The van der Waals surface area contributed by atoms with Crippen LogP contribution in [-0.4, -0.2) is 35.6 Å². The van der Waals surface area contributed by atoms with Crippen LogP contribution in [0.4, 0.5) is 11.4 Å². The Hall–Kier alpha value is -2.08. The number of benzene rings is 1. The van der Waals surface area contributed by atoms with E-state index in [0.717, 1.165) is 31.4 Å². The molecule has 3 atom stereocenters. The lowest BCUT2D eigenvalue weighted by Gasteiger charge is -2.38. The normalized spacial score (nSPS) is 29.0. The zero-order chi connectivity index (χ0) is 18.0. The Kier molecular flexibility index (Phi) is 4.99. The lowest BCUT2D eigenvalue weighted by Crippen LogP contribution is -2.45. The first-order chi connectivity index (χ1) is 11.9. The van der Waals surface area contributed by atoms with E-state index in [1.54, 1.807) is 18.2 Å². The van der Waals surface area contributed by atoms with Gasteiger partial charge in [-0.3, -0.25) is 9.59 Å². The molecule has 0 spiro atoms. The van der Waals surface area contributed by atoms with Gasteiger partial charge in [-0.25, -0.2) is 0 Å². The second-order valence-electron chi connectivity index (χ2n) is 7.66. The Labute approximate surface area is 148 Å². The molecule has 6 nitrogen and oxygen atoms in total. The lowest BCUT2D eigenvalue weighted by molar-refractivity contribution is -0.116. The zero-order valence-corrected chi connectivity index (χ0v) is 14.9. The van der Waals surface area contributed by atoms with Crippen molar-refractivity contribution in [2.24, 2.45) is 5.41 Å². The molecule has 1 saturated carbocycles. The van der Waals surface area contributed by atoms with E-state index in [4.69, 9.17) is 0 Å². The summed E-state index contributed by atoms with van der Waals surface area (Å²) in [5, 5.41) is 19.3. The summed E-state index contributed by atoms with van der Waals surface area (Å²) >= 11 is 0. The van der Waals surface area contributed by atoms with E-state index in [-0.39, 0.29) is 29.4 Å². The predicted octanol–water partition coefficient (Wildman–Crippen LogP) is 2.50. The van der Waals surface area contributed by atoms with Gasteiger partial charge in [0.2, 0.25) is 5.91 Å². The van der Waals surface area contributed by atoms with Crippen molar-refractivity contribution < 1.29 is 14.7 Å². The van der Waals surface area contributed by atoms with Crippen molar-refractivity contribution in [3.63, 3.8) is 0 Å². The van der Waals surface area contributed by atoms with Crippen molar-refractivity contribution in [1.82, 2.24) is 5.32 Å². The third kappa shape index (κ3) is 3.95. The molecule has 136 valence electrons. The Morgan fingerprint density at radius 2 is 2.16 bits per heavy atom. The van der Waals surface area contributed by atoms with Gasteiger partial charge in [-0.05, 0) is 38.0 Å². The molecule has 2 amide bonds. The number of aliphatic hydroxyl groups is 1. The Bertz CT molecular complexity index is 676. The molecule has 3 unspecified atom stereocenters. The highest BCUT2D eigenvalue weighted by molar-refractivity contribution is 6.00. The maximum absolute atomic E-state index is 12.5. The summed E-state index contributed by atoms with van der Waals surface area (Å²) in [5.74, 6) is -0.193. The highest BCUT2D eigenvalue weighted by atomic mass is 16.3. The lowest BCUT2D eigenvalue weighted by atomic mass is 9.73. The summed E-state index contributed by atoms with van der Waals surface area (Å²) in [6, 6.07) is 5.25. The maximum atomic E-state index is 12.5. The van der Waals surface area contributed by atoms with Crippen LogP contribution < -0.4 is 16.0 Å². The molecule has 25 heavy (non-hydrogen) atoms. The second kappa shape index (κ2) is 7.04. The molecule has 1 fully saturated rings. The molecule has 1 heterocycles. The van der Waals surface area contributed by atoms with Crippen LogP contribution in [0.3, 0.4) is 0 Å². The first-order valence-electron chi connectivity index (χ1n) is 9.04. The number of hydrogen-bond donors (Lipinski definition) is 4. The summed E-state index contributed by atoms with van der Waals surface area (Å²) in [7, 11) is 0. The quantitative estimate of drug-likeness (QED) is 0.677. The highest BCUT2D eigenvalue weighted by Gasteiger charge is 2.35. The van der Waals surface area contributed by atoms with Crippen molar-refractivity contribution in [2.75, 3.05) is 17.2 Å². The molecule has 1 aliphatic carbocycles. The highest BCUT2D eigenvalue weighted by Crippen LogP contribution is 2.35. The van der Waals surface area contributed by atoms with Crippen LogP contribution in [0.15, 0.2) is 18.2 Å². The maximum Gasteiger partial charge on any atom is 0.251 e. The number of rotatable bonds is 3. The molecule has 1 aromatic rings. The van der Waals surface area contributed by atoms with E-state index in [1.165, 1.54) is 0 Å². The van der Waals surface area contributed by atoms with Crippen LogP contribution in [0, 0.1) is 5.41 Å². The topological polar surface area (TPSA) is 90.5 Å². The van der Waals surface area contributed by atoms with Gasteiger partial charge in [-0.15, -0.1) is 0 Å². The Morgan fingerprint density at radius 3 is 2.92 bits per heavy atom. The van der Waals surface area contributed by atoms with E-state index >= 15 is 0 Å². The van der Waals surface area contributed by atoms with Crippen LogP contribution in [0.5, 0.6) is 0 Å². The van der Waals surface area contributed by atoms with Gasteiger partial charge < -0.3 is 21.1 Å². The molecule has 0 aromatic heterocycles. The van der Waals surface area contributed by atoms with E-state index in [9.17, 15) is 14.7 Å². The summed E-state index contributed by atoms with van der Waals surface area (Å²) in [5.41, 5.74) is 1.74. The number of nitrogens with one attached hydrogen (secondary N) is 3. The molecule has 0 radical (unpaired) electrons. The van der Waals surface area contributed by atoms with Gasteiger partial charge >= 0.3 is 0 Å². The molecule has 2 aliphatic rings.